The minimum atomic E-state index is 0.0773. The van der Waals surface area contributed by atoms with Gasteiger partial charge in [-0.15, -0.1) is 0 Å². The van der Waals surface area contributed by atoms with Gasteiger partial charge in [-0.2, -0.15) is 0 Å². The van der Waals surface area contributed by atoms with E-state index in [0.717, 1.165) is 32.3 Å². The van der Waals surface area contributed by atoms with Crippen LogP contribution in [0.3, 0.4) is 0 Å². The van der Waals surface area contributed by atoms with E-state index >= 15 is 0 Å². The third kappa shape index (κ3) is 2.25. The van der Waals surface area contributed by atoms with Crippen LogP contribution in [0.25, 0.3) is 75.8 Å². The van der Waals surface area contributed by atoms with E-state index in [1.807, 2.05) is 72.8 Å². The maximum Gasteiger partial charge on any atom is 0.144 e. The molecular formula is C32H20O5. The first-order chi connectivity index (χ1) is 18.2. The molecule has 1 aromatic heterocycles. The Morgan fingerprint density at radius 2 is 0.811 bits per heavy atom. The summed E-state index contributed by atoms with van der Waals surface area (Å²) in [5.41, 5.74) is 1.41. The second-order valence-corrected chi connectivity index (χ2v) is 9.41. The van der Waals surface area contributed by atoms with Gasteiger partial charge in [0.05, 0.1) is 14.2 Å². The number of furan rings is 1. The molecule has 5 nitrogen and oxygen atoms in total. The Balaban J connectivity index is 1.89. The molecular weight excluding hydrogens is 464 g/mol. The second kappa shape index (κ2) is 6.86. The van der Waals surface area contributed by atoms with Crippen molar-refractivity contribution in [2.24, 2.45) is 0 Å². The van der Waals surface area contributed by atoms with Crippen LogP contribution in [0.4, 0.5) is 0 Å². The van der Waals surface area contributed by atoms with Gasteiger partial charge in [0.15, 0.2) is 0 Å². The molecule has 0 bridgehead atoms. The Kier molecular flexibility index (Phi) is 3.76. The van der Waals surface area contributed by atoms with Crippen molar-refractivity contribution in [1.29, 1.82) is 0 Å². The van der Waals surface area contributed by atoms with Gasteiger partial charge in [-0.25, -0.2) is 0 Å². The topological polar surface area (TPSA) is 72.1 Å². The standard InChI is InChI=1S/C32H20O5/c1-35-29-17-11-5-7-13-19(17)31-25-23(29)21-22(28(34)16-10-4-3-9-15(16)27(21)33)24-26(25)32(37-31)20-14-8-6-12-18(20)30(24)36-2/h3-14,33-34H,1-2H3. The Morgan fingerprint density at radius 1 is 0.459 bits per heavy atom. The molecule has 1 heterocycles. The number of methoxy groups -OCH3 is 2. The van der Waals surface area contributed by atoms with Crippen LogP contribution in [-0.2, 0) is 0 Å². The molecule has 37 heavy (non-hydrogen) atoms. The van der Waals surface area contributed by atoms with Crippen LogP contribution >= 0.6 is 0 Å². The predicted molar refractivity (Wildman–Crippen MR) is 149 cm³/mol. The fourth-order valence-corrected chi connectivity index (χ4v) is 6.33. The molecule has 0 radical (unpaired) electrons. The van der Waals surface area contributed by atoms with E-state index in [1.54, 1.807) is 14.2 Å². The number of phenols is 2. The summed E-state index contributed by atoms with van der Waals surface area (Å²) in [6, 6.07) is 23.2. The number of fused-ring (bicyclic) bond motifs is 8. The summed E-state index contributed by atoms with van der Waals surface area (Å²) >= 11 is 0. The average molecular weight is 485 g/mol. The molecule has 0 unspecified atom stereocenters. The molecule has 0 saturated heterocycles. The number of hydrogen-bond acceptors (Lipinski definition) is 5. The monoisotopic (exact) mass is 484 g/mol. The van der Waals surface area contributed by atoms with E-state index in [1.165, 1.54) is 0 Å². The van der Waals surface area contributed by atoms with E-state index in [2.05, 4.69) is 0 Å². The van der Waals surface area contributed by atoms with Crippen LogP contribution in [0.1, 0.15) is 0 Å². The number of hydrogen-bond donors (Lipinski definition) is 2. The van der Waals surface area contributed by atoms with Crippen LogP contribution in [0.15, 0.2) is 77.2 Å². The Hall–Kier alpha value is -4.90. The van der Waals surface area contributed by atoms with Gasteiger partial charge in [0.25, 0.3) is 0 Å². The van der Waals surface area contributed by atoms with E-state index in [9.17, 15) is 10.2 Å². The lowest BCUT2D eigenvalue weighted by Gasteiger charge is -2.19. The van der Waals surface area contributed by atoms with Crippen LogP contribution in [-0.4, -0.2) is 24.4 Å². The van der Waals surface area contributed by atoms with Crippen molar-refractivity contribution in [2.45, 2.75) is 0 Å². The fourth-order valence-electron chi connectivity index (χ4n) is 6.33. The Bertz CT molecular complexity index is 2080. The molecule has 7 aromatic carbocycles. The van der Waals surface area contributed by atoms with Crippen molar-refractivity contribution in [3.05, 3.63) is 72.8 Å². The molecule has 0 saturated carbocycles. The molecule has 0 aliphatic heterocycles. The highest BCUT2D eigenvalue weighted by molar-refractivity contribution is 6.44. The first-order valence-corrected chi connectivity index (χ1v) is 12.1. The van der Waals surface area contributed by atoms with Crippen molar-refractivity contribution in [1.82, 2.24) is 0 Å². The Morgan fingerprint density at radius 3 is 1.19 bits per heavy atom. The lowest BCUT2D eigenvalue weighted by molar-refractivity contribution is 0.424. The number of phenolic OH excluding ortho intramolecular Hbond substituents is 2. The van der Waals surface area contributed by atoms with Gasteiger partial charge in [0, 0.05) is 64.6 Å². The van der Waals surface area contributed by atoms with E-state index in [4.69, 9.17) is 13.9 Å². The molecule has 178 valence electrons. The highest BCUT2D eigenvalue weighted by atomic mass is 16.5. The number of aromatic hydroxyl groups is 2. The minimum absolute atomic E-state index is 0.0773. The lowest BCUT2D eigenvalue weighted by atomic mass is 9.87. The van der Waals surface area contributed by atoms with E-state index < -0.39 is 0 Å². The molecule has 0 fully saturated rings. The van der Waals surface area contributed by atoms with Crippen molar-refractivity contribution < 1.29 is 24.1 Å². The van der Waals surface area contributed by atoms with Crippen molar-refractivity contribution in [3.8, 4) is 23.0 Å². The summed E-state index contributed by atoms with van der Waals surface area (Å²) in [4.78, 5) is 0. The van der Waals surface area contributed by atoms with Gasteiger partial charge in [-0.05, 0) is 0 Å². The molecule has 8 aromatic rings. The molecule has 8 rings (SSSR count). The summed E-state index contributed by atoms with van der Waals surface area (Å²) in [7, 11) is 3.27. The van der Waals surface area contributed by atoms with Crippen LogP contribution in [0, 0.1) is 0 Å². The van der Waals surface area contributed by atoms with Crippen LogP contribution in [0.2, 0.25) is 0 Å². The fraction of sp³-hybridized carbons (Fsp3) is 0.0625. The van der Waals surface area contributed by atoms with Crippen LogP contribution < -0.4 is 9.47 Å². The molecule has 0 aliphatic rings. The first kappa shape index (κ1) is 20.3. The summed E-state index contributed by atoms with van der Waals surface area (Å²) in [5, 5.41) is 32.4. The average Bonchev–Trinajstić information content (AvgIpc) is 3.35. The molecule has 2 N–H and O–H groups in total. The van der Waals surface area contributed by atoms with Crippen molar-refractivity contribution >= 4 is 75.8 Å². The summed E-state index contributed by atoms with van der Waals surface area (Å²) < 4.78 is 18.8. The number of rotatable bonds is 2. The minimum Gasteiger partial charge on any atom is -0.507 e. The van der Waals surface area contributed by atoms with Gasteiger partial charge in [0.2, 0.25) is 0 Å². The second-order valence-electron chi connectivity index (χ2n) is 9.41. The van der Waals surface area contributed by atoms with Gasteiger partial charge in [-0.1, -0.05) is 72.8 Å². The number of benzene rings is 7. The lowest BCUT2D eigenvalue weighted by Crippen LogP contribution is -1.94. The molecule has 0 atom stereocenters. The first-order valence-electron chi connectivity index (χ1n) is 12.1. The third-order valence-corrected chi connectivity index (χ3v) is 7.76. The summed E-state index contributed by atoms with van der Waals surface area (Å²) in [6.07, 6.45) is 0. The highest BCUT2D eigenvalue weighted by Crippen LogP contribution is 2.58. The van der Waals surface area contributed by atoms with Crippen molar-refractivity contribution in [3.63, 3.8) is 0 Å². The zero-order valence-corrected chi connectivity index (χ0v) is 20.0. The summed E-state index contributed by atoms with van der Waals surface area (Å²) in [6.45, 7) is 0. The zero-order valence-electron chi connectivity index (χ0n) is 20.0. The van der Waals surface area contributed by atoms with Gasteiger partial charge in [-0.3, -0.25) is 0 Å². The Labute approximate surface area is 210 Å². The molecule has 0 spiro atoms. The SMILES string of the molecule is COc1c2ccccc2c2oc3c4ccccc4c(OC)c4c5c(O)c6ccccc6c(O)c5c1c2c34. The van der Waals surface area contributed by atoms with Crippen LogP contribution in [0.5, 0.6) is 23.0 Å². The van der Waals surface area contributed by atoms with Crippen molar-refractivity contribution in [2.75, 3.05) is 14.2 Å². The van der Waals surface area contributed by atoms with E-state index in [0.29, 0.717) is 55.0 Å². The highest BCUT2D eigenvalue weighted by Gasteiger charge is 2.30. The predicted octanol–water partition coefficient (Wildman–Crippen LogP) is 8.22. The largest absolute Gasteiger partial charge is 0.507 e. The van der Waals surface area contributed by atoms with E-state index in [-0.39, 0.29) is 11.5 Å². The van der Waals surface area contributed by atoms with Gasteiger partial charge in [0.1, 0.15) is 34.2 Å². The smallest absolute Gasteiger partial charge is 0.144 e. The maximum absolute atomic E-state index is 11.8. The van der Waals surface area contributed by atoms with Gasteiger partial charge < -0.3 is 24.1 Å². The summed E-state index contributed by atoms with van der Waals surface area (Å²) in [5.74, 6) is 1.39. The number of ether oxygens (including phenoxy) is 2. The van der Waals surface area contributed by atoms with Gasteiger partial charge >= 0.3 is 0 Å². The maximum atomic E-state index is 11.8. The third-order valence-electron chi connectivity index (χ3n) is 7.76. The molecule has 0 amide bonds. The normalized spacial score (nSPS) is 12.3. The molecule has 5 heteroatoms. The molecule has 0 aliphatic carbocycles. The zero-order chi connectivity index (χ0) is 25.0. The quantitative estimate of drug-likeness (QED) is 0.147.